The molecule has 23 heavy (non-hydrogen) atoms. The first-order chi connectivity index (χ1) is 11.1. The van der Waals surface area contributed by atoms with Crippen LogP contribution < -0.4 is 9.75 Å². The molecule has 0 N–H and O–H groups in total. The van der Waals surface area contributed by atoms with Crippen molar-refractivity contribution in [2.24, 2.45) is 5.10 Å². The average molecular weight is 306 g/mol. The molecule has 0 unspecified atom stereocenters. The van der Waals surface area contributed by atoms with Crippen molar-refractivity contribution in [2.75, 3.05) is 12.1 Å². The number of para-hydroxylation sites is 1. The molecule has 3 rings (SSSR count). The molecule has 0 aliphatic carbocycles. The molecule has 1 amide bonds. The summed E-state index contributed by atoms with van der Waals surface area (Å²) < 4.78 is 5.18. The fourth-order valence-corrected chi connectivity index (χ4v) is 2.67. The van der Waals surface area contributed by atoms with Crippen molar-refractivity contribution in [3.05, 3.63) is 65.7 Å². The molecule has 0 bridgehead atoms. The maximum absolute atomic E-state index is 12.8. The lowest BCUT2D eigenvalue weighted by Gasteiger charge is -2.12. The molecule has 0 spiro atoms. The molecule has 0 fully saturated rings. The molecular formula is C19H18N2O2. The molecule has 0 saturated carbocycles. The molecular weight excluding hydrogens is 288 g/mol. The summed E-state index contributed by atoms with van der Waals surface area (Å²) >= 11 is 0. The van der Waals surface area contributed by atoms with Crippen LogP contribution >= 0.6 is 0 Å². The summed E-state index contributed by atoms with van der Waals surface area (Å²) in [5.74, 6) is 0.697. The summed E-state index contributed by atoms with van der Waals surface area (Å²) in [7, 11) is 1.63. The molecule has 1 aliphatic rings. The van der Waals surface area contributed by atoms with Gasteiger partial charge in [-0.3, -0.25) is 4.79 Å². The summed E-state index contributed by atoms with van der Waals surface area (Å²) in [6, 6.07) is 17.1. The van der Waals surface area contributed by atoms with E-state index in [9.17, 15) is 4.79 Å². The number of benzene rings is 2. The smallest absolute Gasteiger partial charge is 0.280 e. The van der Waals surface area contributed by atoms with Crippen molar-refractivity contribution < 1.29 is 9.53 Å². The summed E-state index contributed by atoms with van der Waals surface area (Å²) in [6.07, 6.45) is 0. The molecule has 4 nitrogen and oxygen atoms in total. The third kappa shape index (κ3) is 2.75. The van der Waals surface area contributed by atoms with E-state index in [1.54, 1.807) is 7.11 Å². The summed E-state index contributed by atoms with van der Waals surface area (Å²) in [4.78, 5) is 12.8. The van der Waals surface area contributed by atoms with E-state index >= 15 is 0 Å². The zero-order chi connectivity index (χ0) is 16.4. The maximum atomic E-state index is 12.8. The monoisotopic (exact) mass is 306 g/mol. The maximum Gasteiger partial charge on any atom is 0.280 e. The SMILES string of the molecule is COc1ccc(/C(C)=C2\C(=O)N(c3ccccc3)N=C2C)cc1. The quantitative estimate of drug-likeness (QED) is 0.807. The van der Waals surface area contributed by atoms with Gasteiger partial charge in [-0.25, -0.2) is 0 Å². The third-order valence-corrected chi connectivity index (χ3v) is 3.92. The lowest BCUT2D eigenvalue weighted by molar-refractivity contribution is -0.114. The number of rotatable bonds is 3. The van der Waals surface area contributed by atoms with Crippen LogP contribution in [0.4, 0.5) is 5.69 Å². The number of hydrogen-bond acceptors (Lipinski definition) is 3. The fraction of sp³-hybridized carbons (Fsp3) is 0.158. The zero-order valence-electron chi connectivity index (χ0n) is 13.4. The van der Waals surface area contributed by atoms with Crippen LogP contribution in [0.3, 0.4) is 0 Å². The van der Waals surface area contributed by atoms with E-state index in [2.05, 4.69) is 5.10 Å². The number of carbonyl (C=O) groups excluding carboxylic acids is 1. The molecule has 0 atom stereocenters. The van der Waals surface area contributed by atoms with Gasteiger partial charge < -0.3 is 4.74 Å². The average Bonchev–Trinajstić information content (AvgIpc) is 2.89. The third-order valence-electron chi connectivity index (χ3n) is 3.92. The molecule has 4 heteroatoms. The van der Waals surface area contributed by atoms with E-state index < -0.39 is 0 Å². The van der Waals surface area contributed by atoms with E-state index in [1.807, 2.05) is 68.4 Å². The van der Waals surface area contributed by atoms with Crippen LogP contribution in [0, 0.1) is 0 Å². The Bertz CT molecular complexity index is 790. The van der Waals surface area contributed by atoms with Crippen molar-refractivity contribution in [3.63, 3.8) is 0 Å². The van der Waals surface area contributed by atoms with Crippen molar-refractivity contribution >= 4 is 22.9 Å². The highest BCUT2D eigenvalue weighted by atomic mass is 16.5. The van der Waals surface area contributed by atoms with E-state index in [1.165, 1.54) is 5.01 Å². The molecule has 0 aromatic heterocycles. The summed E-state index contributed by atoms with van der Waals surface area (Å²) in [6.45, 7) is 3.81. The number of carbonyl (C=O) groups is 1. The Hall–Kier alpha value is -2.88. The highest BCUT2D eigenvalue weighted by Gasteiger charge is 2.30. The standard InChI is InChI=1S/C19H18N2O2/c1-13(15-9-11-17(23-3)12-10-15)18-14(2)20-21(19(18)22)16-7-5-4-6-8-16/h4-12H,1-3H3/b18-13-. The highest BCUT2D eigenvalue weighted by Crippen LogP contribution is 2.29. The van der Waals surface area contributed by atoms with E-state index in [4.69, 9.17) is 4.74 Å². The summed E-state index contributed by atoms with van der Waals surface area (Å²) in [5, 5.41) is 5.88. The fourth-order valence-electron chi connectivity index (χ4n) is 2.67. The van der Waals surface area contributed by atoms with Crippen molar-refractivity contribution in [1.29, 1.82) is 0 Å². The minimum Gasteiger partial charge on any atom is -0.497 e. The molecule has 0 saturated heterocycles. The van der Waals surface area contributed by atoms with Gasteiger partial charge in [0.1, 0.15) is 5.75 Å². The Kier molecular flexibility index (Phi) is 3.98. The van der Waals surface area contributed by atoms with E-state index in [0.29, 0.717) is 5.57 Å². The largest absolute Gasteiger partial charge is 0.497 e. The second kappa shape index (κ2) is 6.08. The van der Waals surface area contributed by atoms with Crippen molar-refractivity contribution in [3.8, 4) is 5.75 Å². The lowest BCUT2D eigenvalue weighted by Crippen LogP contribution is -2.21. The van der Waals surface area contributed by atoms with Crippen LogP contribution in [0.25, 0.3) is 5.57 Å². The number of amides is 1. The predicted molar refractivity (Wildman–Crippen MR) is 92.6 cm³/mol. The number of ether oxygens (including phenoxy) is 1. The molecule has 2 aromatic rings. The molecule has 1 aliphatic heterocycles. The van der Waals surface area contributed by atoms with Gasteiger partial charge >= 0.3 is 0 Å². The van der Waals surface area contributed by atoms with Gasteiger partial charge in [0.2, 0.25) is 0 Å². The van der Waals surface area contributed by atoms with Gasteiger partial charge in [0.15, 0.2) is 0 Å². The lowest BCUT2D eigenvalue weighted by atomic mass is 9.98. The van der Waals surface area contributed by atoms with E-state index in [0.717, 1.165) is 28.3 Å². The first-order valence-electron chi connectivity index (χ1n) is 7.42. The van der Waals surface area contributed by atoms with Gasteiger partial charge in [-0.05, 0) is 49.2 Å². The first-order valence-corrected chi connectivity index (χ1v) is 7.42. The number of nitrogens with zero attached hydrogens (tertiary/aromatic N) is 2. The molecule has 1 heterocycles. The second-order valence-corrected chi connectivity index (χ2v) is 5.37. The van der Waals surface area contributed by atoms with Crippen molar-refractivity contribution in [1.82, 2.24) is 0 Å². The molecule has 0 radical (unpaired) electrons. The van der Waals surface area contributed by atoms with Crippen LogP contribution in [-0.4, -0.2) is 18.7 Å². The predicted octanol–water partition coefficient (Wildman–Crippen LogP) is 3.89. The number of anilines is 1. The minimum absolute atomic E-state index is 0.0954. The topological polar surface area (TPSA) is 41.9 Å². The first kappa shape index (κ1) is 15.0. The van der Waals surface area contributed by atoms with Crippen LogP contribution in [-0.2, 0) is 4.79 Å². The van der Waals surface area contributed by atoms with Gasteiger partial charge in [0, 0.05) is 0 Å². The van der Waals surface area contributed by atoms with Gasteiger partial charge in [0.05, 0.1) is 24.1 Å². The second-order valence-electron chi connectivity index (χ2n) is 5.37. The molecule has 2 aromatic carbocycles. The van der Waals surface area contributed by atoms with E-state index in [-0.39, 0.29) is 5.91 Å². The number of hydrazone groups is 1. The van der Waals surface area contributed by atoms with Crippen molar-refractivity contribution in [2.45, 2.75) is 13.8 Å². The Morgan fingerprint density at radius 1 is 1.04 bits per heavy atom. The Balaban J connectivity index is 1.99. The Labute approximate surface area is 135 Å². The Morgan fingerprint density at radius 3 is 2.30 bits per heavy atom. The van der Waals surface area contributed by atoms with Gasteiger partial charge in [-0.15, -0.1) is 0 Å². The normalized spacial score (nSPS) is 16.4. The number of hydrogen-bond donors (Lipinski definition) is 0. The van der Waals surface area contributed by atoms with Crippen LogP contribution in [0.5, 0.6) is 5.75 Å². The Morgan fingerprint density at radius 2 is 1.70 bits per heavy atom. The van der Waals surface area contributed by atoms with Crippen LogP contribution in [0.2, 0.25) is 0 Å². The minimum atomic E-state index is -0.0954. The number of methoxy groups -OCH3 is 1. The number of allylic oxidation sites excluding steroid dienone is 1. The van der Waals surface area contributed by atoms with Gasteiger partial charge in [-0.1, -0.05) is 30.3 Å². The molecule has 116 valence electrons. The highest BCUT2D eigenvalue weighted by molar-refractivity contribution is 6.33. The zero-order valence-corrected chi connectivity index (χ0v) is 13.4. The van der Waals surface area contributed by atoms with Crippen LogP contribution in [0.15, 0.2) is 65.3 Å². The van der Waals surface area contributed by atoms with Crippen LogP contribution in [0.1, 0.15) is 19.4 Å². The van der Waals surface area contributed by atoms with Gasteiger partial charge in [-0.2, -0.15) is 10.1 Å². The summed E-state index contributed by atoms with van der Waals surface area (Å²) in [5.41, 5.74) is 4.05. The van der Waals surface area contributed by atoms with Gasteiger partial charge in [0.25, 0.3) is 5.91 Å².